The Kier molecular flexibility index (Phi) is 3.98. The SMILES string of the molecule is CC(C)Oc1cccc(OC[C]=O)c1. The van der Waals surface area contributed by atoms with Gasteiger partial charge in [-0.05, 0) is 26.0 Å². The fraction of sp³-hybridized carbons (Fsp3) is 0.364. The van der Waals surface area contributed by atoms with Gasteiger partial charge in [0.1, 0.15) is 11.5 Å². The lowest BCUT2D eigenvalue weighted by Crippen LogP contribution is -2.05. The zero-order valence-corrected chi connectivity index (χ0v) is 8.32. The van der Waals surface area contributed by atoms with Crippen LogP contribution < -0.4 is 9.47 Å². The third-order valence-electron chi connectivity index (χ3n) is 1.48. The summed E-state index contributed by atoms with van der Waals surface area (Å²) < 4.78 is 10.5. The lowest BCUT2D eigenvalue weighted by molar-refractivity contribution is 0.241. The zero-order chi connectivity index (χ0) is 10.4. The molecule has 3 nitrogen and oxygen atoms in total. The van der Waals surface area contributed by atoms with Crippen molar-refractivity contribution in [3.8, 4) is 11.5 Å². The Labute approximate surface area is 83.6 Å². The van der Waals surface area contributed by atoms with Crippen LogP contribution in [-0.2, 0) is 4.79 Å². The molecule has 0 atom stereocenters. The Balaban J connectivity index is 2.63. The Hall–Kier alpha value is -1.51. The van der Waals surface area contributed by atoms with E-state index in [2.05, 4.69) is 0 Å². The van der Waals surface area contributed by atoms with Crippen molar-refractivity contribution < 1.29 is 14.3 Å². The molecule has 1 rings (SSSR count). The largest absolute Gasteiger partial charge is 0.491 e. The van der Waals surface area contributed by atoms with Crippen LogP contribution in [0.15, 0.2) is 24.3 Å². The predicted molar refractivity (Wildman–Crippen MR) is 53.4 cm³/mol. The Bertz CT molecular complexity index is 294. The van der Waals surface area contributed by atoms with Gasteiger partial charge in [0.05, 0.1) is 6.10 Å². The summed E-state index contributed by atoms with van der Waals surface area (Å²) in [6.45, 7) is 3.85. The summed E-state index contributed by atoms with van der Waals surface area (Å²) in [5, 5.41) is 0. The molecular weight excluding hydrogens is 180 g/mol. The van der Waals surface area contributed by atoms with E-state index in [1.54, 1.807) is 18.4 Å². The summed E-state index contributed by atoms with van der Waals surface area (Å²) in [7, 11) is 0. The van der Waals surface area contributed by atoms with E-state index in [0.717, 1.165) is 5.75 Å². The molecule has 0 N–H and O–H groups in total. The van der Waals surface area contributed by atoms with E-state index in [1.807, 2.05) is 26.0 Å². The highest BCUT2D eigenvalue weighted by Crippen LogP contribution is 2.20. The molecule has 0 aliphatic heterocycles. The minimum atomic E-state index is -0.0505. The van der Waals surface area contributed by atoms with Crippen molar-refractivity contribution in [2.45, 2.75) is 20.0 Å². The maximum atomic E-state index is 9.96. The van der Waals surface area contributed by atoms with Crippen LogP contribution in [0.3, 0.4) is 0 Å². The Morgan fingerprint density at radius 2 is 2.07 bits per heavy atom. The van der Waals surface area contributed by atoms with E-state index in [9.17, 15) is 4.79 Å². The van der Waals surface area contributed by atoms with Gasteiger partial charge >= 0.3 is 0 Å². The molecule has 14 heavy (non-hydrogen) atoms. The van der Waals surface area contributed by atoms with Crippen LogP contribution in [0.1, 0.15) is 13.8 Å². The molecule has 3 heteroatoms. The van der Waals surface area contributed by atoms with E-state index in [4.69, 9.17) is 9.47 Å². The molecule has 1 aromatic rings. The van der Waals surface area contributed by atoms with Gasteiger partial charge in [0.25, 0.3) is 0 Å². The van der Waals surface area contributed by atoms with Gasteiger partial charge in [-0.15, -0.1) is 0 Å². The topological polar surface area (TPSA) is 35.5 Å². The van der Waals surface area contributed by atoms with Crippen LogP contribution >= 0.6 is 0 Å². The second-order valence-electron chi connectivity index (χ2n) is 3.07. The first-order chi connectivity index (χ1) is 6.72. The summed E-state index contributed by atoms with van der Waals surface area (Å²) in [5.41, 5.74) is 0. The van der Waals surface area contributed by atoms with Crippen molar-refractivity contribution in [2.24, 2.45) is 0 Å². The molecule has 1 aromatic carbocycles. The van der Waals surface area contributed by atoms with Crippen molar-refractivity contribution >= 4 is 6.29 Å². The Morgan fingerprint density at radius 1 is 1.36 bits per heavy atom. The minimum absolute atomic E-state index is 0.0505. The van der Waals surface area contributed by atoms with E-state index in [0.29, 0.717) is 5.75 Å². The van der Waals surface area contributed by atoms with Crippen molar-refractivity contribution in [3.05, 3.63) is 24.3 Å². The highest BCUT2D eigenvalue weighted by molar-refractivity contribution is 5.52. The monoisotopic (exact) mass is 193 g/mol. The first kappa shape index (κ1) is 10.6. The lowest BCUT2D eigenvalue weighted by Gasteiger charge is -2.10. The maximum Gasteiger partial charge on any atom is 0.239 e. The van der Waals surface area contributed by atoms with E-state index >= 15 is 0 Å². The van der Waals surface area contributed by atoms with E-state index in [1.165, 1.54) is 0 Å². The molecule has 0 spiro atoms. The normalized spacial score (nSPS) is 9.93. The molecule has 0 saturated carbocycles. The maximum absolute atomic E-state index is 9.96. The molecule has 0 bridgehead atoms. The molecular formula is C11H13O3. The third-order valence-corrected chi connectivity index (χ3v) is 1.48. The molecule has 0 unspecified atom stereocenters. The van der Waals surface area contributed by atoms with Gasteiger partial charge in [-0.1, -0.05) is 6.07 Å². The molecule has 0 heterocycles. The molecule has 0 amide bonds. The summed E-state index contributed by atoms with van der Waals surface area (Å²) in [4.78, 5) is 9.96. The standard InChI is InChI=1S/C11H13O3/c1-9(2)14-11-5-3-4-10(8-11)13-7-6-12/h3-5,8-9H,7H2,1-2H3. The molecule has 75 valence electrons. The van der Waals surface area contributed by atoms with Crippen molar-refractivity contribution in [1.29, 1.82) is 0 Å². The van der Waals surface area contributed by atoms with Gasteiger partial charge in [-0.2, -0.15) is 0 Å². The zero-order valence-electron chi connectivity index (χ0n) is 8.32. The van der Waals surface area contributed by atoms with Gasteiger partial charge in [-0.3, -0.25) is 4.79 Å². The summed E-state index contributed by atoms with van der Waals surface area (Å²) >= 11 is 0. The average Bonchev–Trinajstić information content (AvgIpc) is 2.14. The molecule has 1 radical (unpaired) electrons. The number of ether oxygens (including phenoxy) is 2. The summed E-state index contributed by atoms with van der Waals surface area (Å²) in [5.74, 6) is 1.36. The fourth-order valence-electron chi connectivity index (χ4n) is 1.02. The van der Waals surface area contributed by atoms with Gasteiger partial charge in [-0.25, -0.2) is 0 Å². The fourth-order valence-corrected chi connectivity index (χ4v) is 1.02. The molecule has 0 saturated heterocycles. The molecule has 0 fully saturated rings. The summed E-state index contributed by atoms with van der Waals surface area (Å²) in [6, 6.07) is 7.18. The first-order valence-corrected chi connectivity index (χ1v) is 4.47. The number of rotatable bonds is 5. The highest BCUT2D eigenvalue weighted by atomic mass is 16.5. The number of hydrogen-bond donors (Lipinski definition) is 0. The van der Waals surface area contributed by atoms with Crippen molar-refractivity contribution in [3.63, 3.8) is 0 Å². The van der Waals surface area contributed by atoms with E-state index in [-0.39, 0.29) is 12.7 Å². The minimum Gasteiger partial charge on any atom is -0.491 e. The second-order valence-corrected chi connectivity index (χ2v) is 3.07. The molecule has 0 aromatic heterocycles. The smallest absolute Gasteiger partial charge is 0.239 e. The van der Waals surface area contributed by atoms with Crippen LogP contribution in [0.5, 0.6) is 11.5 Å². The second kappa shape index (κ2) is 5.27. The van der Waals surface area contributed by atoms with Crippen molar-refractivity contribution in [1.82, 2.24) is 0 Å². The highest BCUT2D eigenvalue weighted by Gasteiger charge is 1.99. The van der Waals surface area contributed by atoms with Crippen LogP contribution in [0.2, 0.25) is 0 Å². The van der Waals surface area contributed by atoms with Crippen LogP contribution in [-0.4, -0.2) is 19.0 Å². The number of carbonyl (C=O) groups excluding carboxylic acids is 1. The van der Waals surface area contributed by atoms with Gasteiger partial charge in [0.15, 0.2) is 6.61 Å². The third kappa shape index (κ3) is 3.47. The lowest BCUT2D eigenvalue weighted by atomic mass is 10.3. The van der Waals surface area contributed by atoms with Crippen LogP contribution in [0.4, 0.5) is 0 Å². The van der Waals surface area contributed by atoms with Gasteiger partial charge in [0, 0.05) is 6.07 Å². The van der Waals surface area contributed by atoms with Gasteiger partial charge < -0.3 is 9.47 Å². The van der Waals surface area contributed by atoms with Crippen LogP contribution in [0.25, 0.3) is 0 Å². The molecule has 0 aliphatic carbocycles. The summed E-state index contributed by atoms with van der Waals surface area (Å²) in [6.07, 6.45) is 1.79. The van der Waals surface area contributed by atoms with Crippen LogP contribution in [0, 0.1) is 0 Å². The number of hydrogen-bond acceptors (Lipinski definition) is 3. The van der Waals surface area contributed by atoms with Crippen molar-refractivity contribution in [2.75, 3.05) is 6.61 Å². The predicted octanol–water partition coefficient (Wildman–Crippen LogP) is 1.96. The van der Waals surface area contributed by atoms with Gasteiger partial charge in [0.2, 0.25) is 6.29 Å². The Morgan fingerprint density at radius 3 is 2.71 bits per heavy atom. The average molecular weight is 193 g/mol. The number of benzene rings is 1. The first-order valence-electron chi connectivity index (χ1n) is 4.47. The molecule has 0 aliphatic rings. The van der Waals surface area contributed by atoms with E-state index < -0.39 is 0 Å². The quantitative estimate of drug-likeness (QED) is 0.717.